The summed E-state index contributed by atoms with van der Waals surface area (Å²) >= 11 is 0. The second-order valence-corrected chi connectivity index (χ2v) is 7.33. The van der Waals surface area contributed by atoms with Crippen LogP contribution >= 0.6 is 0 Å². The number of ether oxygens (including phenoxy) is 1. The van der Waals surface area contributed by atoms with E-state index in [2.05, 4.69) is 10.3 Å². The highest BCUT2D eigenvalue weighted by atomic mass is 16.5. The number of hydrogen-bond acceptors (Lipinski definition) is 4. The fourth-order valence-electron chi connectivity index (χ4n) is 3.47. The zero-order valence-corrected chi connectivity index (χ0v) is 16.2. The van der Waals surface area contributed by atoms with Crippen LogP contribution in [0.4, 0.5) is 0 Å². The highest BCUT2D eigenvalue weighted by Gasteiger charge is 2.29. The molecule has 1 aromatic heterocycles. The fraction of sp³-hybridized carbons (Fsp3) is 0.318. The smallest absolute Gasteiger partial charge is 0.253 e. The van der Waals surface area contributed by atoms with Gasteiger partial charge in [0, 0.05) is 24.2 Å². The standard InChI is InChI=1S/C22H24N4O2/c1-16(2)28-20-10-8-18(9-11-20)22(27)25-13-12-19(14-25)26-15-21(23-24-26)17-6-4-3-5-7-17/h3-11,15-16,19H,12-14H2,1-2H3. The number of hydrogen-bond donors (Lipinski definition) is 0. The van der Waals surface area contributed by atoms with Crippen molar-refractivity contribution in [3.05, 3.63) is 66.4 Å². The molecule has 1 atom stereocenters. The van der Waals surface area contributed by atoms with Gasteiger partial charge in [0.15, 0.2) is 0 Å². The van der Waals surface area contributed by atoms with Gasteiger partial charge in [-0.25, -0.2) is 4.68 Å². The summed E-state index contributed by atoms with van der Waals surface area (Å²) in [6, 6.07) is 17.5. The zero-order valence-electron chi connectivity index (χ0n) is 16.2. The lowest BCUT2D eigenvalue weighted by atomic mass is 10.2. The van der Waals surface area contributed by atoms with Crippen LogP contribution in [0.1, 0.15) is 36.7 Å². The molecule has 3 aromatic rings. The summed E-state index contributed by atoms with van der Waals surface area (Å²) in [5.41, 5.74) is 2.58. The van der Waals surface area contributed by atoms with Crippen LogP contribution in [0.25, 0.3) is 11.3 Å². The average molecular weight is 376 g/mol. The molecule has 1 aliphatic rings. The van der Waals surface area contributed by atoms with Gasteiger partial charge in [-0.1, -0.05) is 35.5 Å². The molecule has 6 heteroatoms. The summed E-state index contributed by atoms with van der Waals surface area (Å²) in [6.07, 6.45) is 2.95. The van der Waals surface area contributed by atoms with Crippen LogP contribution in [-0.4, -0.2) is 45.0 Å². The van der Waals surface area contributed by atoms with Gasteiger partial charge in [-0.15, -0.1) is 5.10 Å². The highest BCUT2D eigenvalue weighted by molar-refractivity contribution is 5.94. The quantitative estimate of drug-likeness (QED) is 0.679. The number of carbonyl (C=O) groups excluding carboxylic acids is 1. The van der Waals surface area contributed by atoms with Crippen molar-refractivity contribution in [1.82, 2.24) is 19.9 Å². The molecule has 4 rings (SSSR count). The van der Waals surface area contributed by atoms with E-state index < -0.39 is 0 Å². The molecule has 1 amide bonds. The zero-order chi connectivity index (χ0) is 19.5. The van der Waals surface area contributed by atoms with E-state index in [-0.39, 0.29) is 18.1 Å². The Morgan fingerprint density at radius 2 is 1.86 bits per heavy atom. The molecule has 0 spiro atoms. The first-order chi connectivity index (χ1) is 13.6. The Bertz CT molecular complexity index is 935. The van der Waals surface area contributed by atoms with Gasteiger partial charge >= 0.3 is 0 Å². The SMILES string of the molecule is CC(C)Oc1ccc(C(=O)N2CCC(n3cc(-c4ccccc4)nn3)C2)cc1. The van der Waals surface area contributed by atoms with Crippen LogP contribution in [0.2, 0.25) is 0 Å². The van der Waals surface area contributed by atoms with Gasteiger partial charge in [-0.05, 0) is 44.5 Å². The molecule has 2 heterocycles. The lowest BCUT2D eigenvalue weighted by Crippen LogP contribution is -2.29. The summed E-state index contributed by atoms with van der Waals surface area (Å²) < 4.78 is 7.53. The molecule has 2 aromatic carbocycles. The van der Waals surface area contributed by atoms with Crippen molar-refractivity contribution in [1.29, 1.82) is 0 Å². The summed E-state index contributed by atoms with van der Waals surface area (Å²) in [5.74, 6) is 0.823. The molecular weight excluding hydrogens is 352 g/mol. The lowest BCUT2D eigenvalue weighted by Gasteiger charge is -2.17. The Hall–Kier alpha value is -3.15. The molecule has 28 heavy (non-hydrogen) atoms. The maximum Gasteiger partial charge on any atom is 0.253 e. The number of benzene rings is 2. The Morgan fingerprint density at radius 3 is 2.57 bits per heavy atom. The summed E-state index contributed by atoms with van der Waals surface area (Å²) in [4.78, 5) is 14.7. The van der Waals surface area contributed by atoms with Crippen molar-refractivity contribution in [2.75, 3.05) is 13.1 Å². The maximum atomic E-state index is 12.8. The first-order valence-corrected chi connectivity index (χ1v) is 9.63. The second kappa shape index (κ2) is 7.84. The van der Waals surface area contributed by atoms with E-state index in [1.165, 1.54) is 0 Å². The van der Waals surface area contributed by atoms with Gasteiger partial charge in [0.05, 0.1) is 18.3 Å². The van der Waals surface area contributed by atoms with Gasteiger partial charge < -0.3 is 9.64 Å². The molecule has 6 nitrogen and oxygen atoms in total. The Kier molecular flexibility index (Phi) is 5.10. The van der Waals surface area contributed by atoms with Crippen molar-refractivity contribution in [2.24, 2.45) is 0 Å². The molecule has 0 saturated carbocycles. The predicted molar refractivity (Wildman–Crippen MR) is 107 cm³/mol. The van der Waals surface area contributed by atoms with Crippen molar-refractivity contribution in [3.63, 3.8) is 0 Å². The first kappa shape index (κ1) is 18.2. The Balaban J connectivity index is 1.41. The summed E-state index contributed by atoms with van der Waals surface area (Å²) in [7, 11) is 0. The Morgan fingerprint density at radius 1 is 1.11 bits per heavy atom. The van der Waals surface area contributed by atoms with Gasteiger partial charge in [0.2, 0.25) is 0 Å². The van der Waals surface area contributed by atoms with Gasteiger partial charge in [-0.2, -0.15) is 0 Å². The van der Waals surface area contributed by atoms with E-state index >= 15 is 0 Å². The van der Waals surface area contributed by atoms with Gasteiger partial charge in [0.25, 0.3) is 5.91 Å². The van der Waals surface area contributed by atoms with Crippen molar-refractivity contribution in [2.45, 2.75) is 32.4 Å². The van der Waals surface area contributed by atoms with Gasteiger partial charge in [-0.3, -0.25) is 4.79 Å². The molecule has 1 unspecified atom stereocenters. The fourth-order valence-corrected chi connectivity index (χ4v) is 3.47. The monoisotopic (exact) mass is 376 g/mol. The maximum absolute atomic E-state index is 12.8. The van der Waals surface area contributed by atoms with Crippen molar-refractivity contribution >= 4 is 5.91 Å². The molecule has 0 aliphatic carbocycles. The van der Waals surface area contributed by atoms with E-state index in [4.69, 9.17) is 4.74 Å². The lowest BCUT2D eigenvalue weighted by molar-refractivity contribution is 0.0787. The second-order valence-electron chi connectivity index (χ2n) is 7.33. The van der Waals surface area contributed by atoms with Crippen molar-refractivity contribution in [3.8, 4) is 17.0 Å². The third-order valence-electron chi connectivity index (χ3n) is 4.88. The first-order valence-electron chi connectivity index (χ1n) is 9.63. The van der Waals surface area contributed by atoms with Crippen LogP contribution in [0, 0.1) is 0 Å². The number of likely N-dealkylation sites (tertiary alicyclic amines) is 1. The number of rotatable bonds is 5. The normalized spacial score (nSPS) is 16.5. The summed E-state index contributed by atoms with van der Waals surface area (Å²) in [6.45, 7) is 5.32. The molecule has 1 aliphatic heterocycles. The molecule has 1 fully saturated rings. The predicted octanol–water partition coefficient (Wildman–Crippen LogP) is 3.82. The van der Waals surface area contributed by atoms with Crippen LogP contribution in [0.5, 0.6) is 5.75 Å². The Labute approximate surface area is 164 Å². The third-order valence-corrected chi connectivity index (χ3v) is 4.88. The van der Waals surface area contributed by atoms with E-state index in [0.717, 1.165) is 23.4 Å². The van der Waals surface area contributed by atoms with E-state index in [9.17, 15) is 4.79 Å². The minimum atomic E-state index is 0.0435. The van der Waals surface area contributed by atoms with Crippen LogP contribution in [0.15, 0.2) is 60.8 Å². The van der Waals surface area contributed by atoms with E-state index in [1.807, 2.05) is 84.2 Å². The molecular formula is C22H24N4O2. The minimum Gasteiger partial charge on any atom is -0.491 e. The molecule has 0 radical (unpaired) electrons. The van der Waals surface area contributed by atoms with Crippen LogP contribution < -0.4 is 4.74 Å². The molecule has 1 saturated heterocycles. The van der Waals surface area contributed by atoms with Crippen LogP contribution in [0.3, 0.4) is 0 Å². The largest absolute Gasteiger partial charge is 0.491 e. The van der Waals surface area contributed by atoms with Crippen LogP contribution in [-0.2, 0) is 0 Å². The van der Waals surface area contributed by atoms with E-state index in [0.29, 0.717) is 18.7 Å². The topological polar surface area (TPSA) is 60.2 Å². The molecule has 144 valence electrons. The molecule has 0 bridgehead atoms. The number of nitrogens with zero attached hydrogens (tertiary/aromatic N) is 4. The summed E-state index contributed by atoms with van der Waals surface area (Å²) in [5, 5.41) is 8.58. The minimum absolute atomic E-state index is 0.0435. The average Bonchev–Trinajstić information content (AvgIpc) is 3.38. The number of amides is 1. The molecule has 0 N–H and O–H groups in total. The van der Waals surface area contributed by atoms with Gasteiger partial charge in [0.1, 0.15) is 11.4 Å². The number of carbonyl (C=O) groups is 1. The highest BCUT2D eigenvalue weighted by Crippen LogP contribution is 2.25. The third kappa shape index (κ3) is 3.91. The van der Waals surface area contributed by atoms with E-state index in [1.54, 1.807) is 0 Å². The number of aromatic nitrogens is 3. The van der Waals surface area contributed by atoms with Crippen molar-refractivity contribution < 1.29 is 9.53 Å².